The van der Waals surface area contributed by atoms with Crippen molar-refractivity contribution in [2.24, 2.45) is 0 Å². The van der Waals surface area contributed by atoms with Crippen LogP contribution in [0.4, 0.5) is 0 Å². The fourth-order valence-electron chi connectivity index (χ4n) is 1.79. The molecule has 1 heterocycles. The molecular formula is C16H27N3O4. The summed E-state index contributed by atoms with van der Waals surface area (Å²) in [6.45, 7) is 11.8. The van der Waals surface area contributed by atoms with E-state index < -0.39 is 17.9 Å². The van der Waals surface area contributed by atoms with E-state index in [0.29, 0.717) is 5.56 Å². The molecule has 7 heteroatoms. The van der Waals surface area contributed by atoms with Crippen LogP contribution in [-0.4, -0.2) is 45.0 Å². The summed E-state index contributed by atoms with van der Waals surface area (Å²) in [6, 6.07) is -0.997. The van der Waals surface area contributed by atoms with Crippen LogP contribution in [-0.2, 0) is 15.1 Å². The van der Waals surface area contributed by atoms with Gasteiger partial charge in [0.25, 0.3) is 5.91 Å². The van der Waals surface area contributed by atoms with Crippen molar-refractivity contribution in [2.45, 2.75) is 65.1 Å². The highest BCUT2D eigenvalue weighted by Crippen LogP contribution is 2.13. The maximum absolute atomic E-state index is 12.2. The van der Waals surface area contributed by atoms with Gasteiger partial charge in [-0.15, -0.1) is 0 Å². The summed E-state index contributed by atoms with van der Waals surface area (Å²) in [6.07, 6.45) is 3.25. The van der Waals surface area contributed by atoms with E-state index in [-0.39, 0.29) is 24.2 Å². The van der Waals surface area contributed by atoms with E-state index in [4.69, 9.17) is 4.74 Å². The third-order valence-corrected chi connectivity index (χ3v) is 3.08. The Morgan fingerprint density at radius 1 is 1.30 bits per heavy atom. The molecular weight excluding hydrogens is 298 g/mol. The predicted octanol–water partition coefficient (Wildman–Crippen LogP) is 2.03. The third-order valence-electron chi connectivity index (χ3n) is 3.08. The number of rotatable bonds is 6. The average molecular weight is 325 g/mol. The minimum atomic E-state index is -1.08. The Bertz CT molecular complexity index is 552. The molecule has 1 rings (SSSR count). The molecule has 1 atom stereocenters. The summed E-state index contributed by atoms with van der Waals surface area (Å²) < 4.78 is 7.18. The standard InChI is InChI=1S/C16H27N3O4/c1-15(2,3)19-10-11(9-17-19)13(20)18-12(14(21)22)7-8-23-16(4,5)6/h9-10,12H,7-8H2,1-6H3,(H,18,20)(H,21,22). The van der Waals surface area contributed by atoms with Gasteiger partial charge >= 0.3 is 5.97 Å². The van der Waals surface area contributed by atoms with Crippen molar-refractivity contribution in [3.63, 3.8) is 0 Å². The number of hydrogen-bond donors (Lipinski definition) is 2. The zero-order valence-corrected chi connectivity index (χ0v) is 14.7. The molecule has 1 amide bonds. The first-order valence-electron chi connectivity index (χ1n) is 7.63. The summed E-state index contributed by atoms with van der Waals surface area (Å²) in [4.78, 5) is 23.5. The number of nitrogens with zero attached hydrogens (tertiary/aromatic N) is 2. The predicted molar refractivity (Wildman–Crippen MR) is 86.4 cm³/mol. The number of ether oxygens (including phenoxy) is 1. The zero-order chi connectivity index (χ0) is 17.8. The molecule has 0 aliphatic carbocycles. The second-order valence-electron chi connectivity index (χ2n) is 7.46. The first kappa shape index (κ1) is 19.2. The molecule has 0 aliphatic rings. The van der Waals surface area contributed by atoms with Crippen LogP contribution in [0.3, 0.4) is 0 Å². The molecule has 0 aliphatic heterocycles. The highest BCUT2D eigenvalue weighted by atomic mass is 16.5. The van der Waals surface area contributed by atoms with E-state index in [0.717, 1.165) is 0 Å². The summed E-state index contributed by atoms with van der Waals surface area (Å²) in [5.41, 5.74) is -0.255. The number of carboxylic acids is 1. The van der Waals surface area contributed by atoms with Gasteiger partial charge in [-0.25, -0.2) is 4.79 Å². The van der Waals surface area contributed by atoms with Crippen molar-refractivity contribution in [1.29, 1.82) is 0 Å². The SMILES string of the molecule is CC(C)(C)OCCC(NC(=O)c1cnn(C(C)(C)C)c1)C(=O)O. The van der Waals surface area contributed by atoms with Crippen molar-refractivity contribution in [1.82, 2.24) is 15.1 Å². The van der Waals surface area contributed by atoms with Gasteiger partial charge in [0.1, 0.15) is 6.04 Å². The minimum Gasteiger partial charge on any atom is -0.480 e. The lowest BCUT2D eigenvalue weighted by atomic mass is 10.1. The fourth-order valence-corrected chi connectivity index (χ4v) is 1.79. The van der Waals surface area contributed by atoms with Crippen LogP contribution in [0, 0.1) is 0 Å². The molecule has 1 aromatic rings. The van der Waals surface area contributed by atoms with Crippen molar-refractivity contribution in [2.75, 3.05) is 6.61 Å². The summed E-state index contributed by atoms with van der Waals surface area (Å²) in [5, 5.41) is 15.9. The summed E-state index contributed by atoms with van der Waals surface area (Å²) >= 11 is 0. The lowest BCUT2D eigenvalue weighted by Gasteiger charge is -2.21. The molecule has 2 N–H and O–H groups in total. The molecule has 0 aromatic carbocycles. The van der Waals surface area contributed by atoms with Gasteiger partial charge < -0.3 is 15.2 Å². The third kappa shape index (κ3) is 6.40. The maximum atomic E-state index is 12.2. The first-order chi connectivity index (χ1) is 10.4. The normalized spacial score (nSPS) is 13.7. The largest absolute Gasteiger partial charge is 0.480 e. The Balaban J connectivity index is 2.67. The monoisotopic (exact) mass is 325 g/mol. The van der Waals surface area contributed by atoms with Crippen LogP contribution in [0.2, 0.25) is 0 Å². The van der Waals surface area contributed by atoms with Crippen LogP contribution < -0.4 is 5.32 Å². The number of aromatic nitrogens is 2. The molecule has 0 saturated carbocycles. The summed E-state index contributed by atoms with van der Waals surface area (Å²) in [5.74, 6) is -1.54. The fraction of sp³-hybridized carbons (Fsp3) is 0.688. The molecule has 0 bridgehead atoms. The topological polar surface area (TPSA) is 93.5 Å². The highest BCUT2D eigenvalue weighted by Gasteiger charge is 2.23. The second-order valence-corrected chi connectivity index (χ2v) is 7.46. The van der Waals surface area contributed by atoms with Gasteiger partial charge in [-0.2, -0.15) is 5.10 Å². The van der Waals surface area contributed by atoms with Gasteiger partial charge in [-0.05, 0) is 41.5 Å². The van der Waals surface area contributed by atoms with Crippen LogP contribution >= 0.6 is 0 Å². The quantitative estimate of drug-likeness (QED) is 0.834. The van der Waals surface area contributed by atoms with Crippen molar-refractivity contribution < 1.29 is 19.4 Å². The Morgan fingerprint density at radius 2 is 1.91 bits per heavy atom. The number of amides is 1. The highest BCUT2D eigenvalue weighted by molar-refractivity contribution is 5.96. The van der Waals surface area contributed by atoms with Crippen LogP contribution in [0.25, 0.3) is 0 Å². The molecule has 7 nitrogen and oxygen atoms in total. The van der Waals surface area contributed by atoms with Crippen molar-refractivity contribution in [3.05, 3.63) is 18.0 Å². The molecule has 130 valence electrons. The van der Waals surface area contributed by atoms with Gasteiger partial charge in [0, 0.05) is 19.2 Å². The minimum absolute atomic E-state index is 0.200. The van der Waals surface area contributed by atoms with E-state index in [1.807, 2.05) is 41.5 Å². The Labute approximate surface area is 137 Å². The first-order valence-corrected chi connectivity index (χ1v) is 7.63. The van der Waals surface area contributed by atoms with Crippen LogP contribution in [0.1, 0.15) is 58.3 Å². The molecule has 0 saturated heterocycles. The number of carbonyl (C=O) groups excluding carboxylic acids is 1. The molecule has 1 unspecified atom stereocenters. The molecule has 0 radical (unpaired) electrons. The van der Waals surface area contributed by atoms with Gasteiger partial charge in [0.15, 0.2) is 0 Å². The van der Waals surface area contributed by atoms with E-state index in [1.165, 1.54) is 6.20 Å². The van der Waals surface area contributed by atoms with Crippen molar-refractivity contribution >= 4 is 11.9 Å². The van der Waals surface area contributed by atoms with Crippen molar-refractivity contribution in [3.8, 4) is 0 Å². The Morgan fingerprint density at radius 3 is 2.35 bits per heavy atom. The Hall–Kier alpha value is -1.89. The van der Waals surface area contributed by atoms with E-state index in [2.05, 4.69) is 10.4 Å². The Kier molecular flexibility index (Phi) is 5.93. The lowest BCUT2D eigenvalue weighted by Crippen LogP contribution is -2.42. The molecule has 0 fully saturated rings. The molecule has 0 spiro atoms. The number of nitrogens with one attached hydrogen (secondary N) is 1. The van der Waals surface area contributed by atoms with Gasteiger partial charge in [-0.3, -0.25) is 9.48 Å². The number of hydrogen-bond acceptors (Lipinski definition) is 4. The number of aliphatic carboxylic acids is 1. The van der Waals surface area contributed by atoms with Crippen LogP contribution in [0.5, 0.6) is 0 Å². The zero-order valence-electron chi connectivity index (χ0n) is 14.7. The van der Waals surface area contributed by atoms with E-state index in [1.54, 1.807) is 10.9 Å². The van der Waals surface area contributed by atoms with E-state index >= 15 is 0 Å². The van der Waals surface area contributed by atoms with Gasteiger partial charge in [-0.1, -0.05) is 0 Å². The lowest BCUT2D eigenvalue weighted by molar-refractivity contribution is -0.140. The van der Waals surface area contributed by atoms with Gasteiger partial charge in [0.2, 0.25) is 0 Å². The molecule has 23 heavy (non-hydrogen) atoms. The maximum Gasteiger partial charge on any atom is 0.326 e. The smallest absolute Gasteiger partial charge is 0.326 e. The summed E-state index contributed by atoms with van der Waals surface area (Å²) in [7, 11) is 0. The van der Waals surface area contributed by atoms with E-state index in [9.17, 15) is 14.7 Å². The number of carboxylic acid groups (broad SMARTS) is 1. The second kappa shape index (κ2) is 7.12. The number of carbonyl (C=O) groups is 2. The molecule has 1 aromatic heterocycles. The van der Waals surface area contributed by atoms with Gasteiger partial charge in [0.05, 0.1) is 22.9 Å². The van der Waals surface area contributed by atoms with Crippen LogP contribution in [0.15, 0.2) is 12.4 Å². The average Bonchev–Trinajstić information content (AvgIpc) is 2.85.